The van der Waals surface area contributed by atoms with Crippen molar-refractivity contribution < 1.29 is 14.3 Å². The molecule has 0 bridgehead atoms. The number of hydrogen-bond acceptors (Lipinski definition) is 6. The monoisotopic (exact) mass is 493 g/mol. The number of thioether (sulfide) groups is 1. The van der Waals surface area contributed by atoms with Crippen LogP contribution in [0.25, 0.3) is 10.9 Å². The van der Waals surface area contributed by atoms with Gasteiger partial charge in [0.05, 0.1) is 29.3 Å². The molecule has 184 valence electrons. The van der Waals surface area contributed by atoms with Crippen molar-refractivity contribution >= 4 is 34.4 Å². The van der Waals surface area contributed by atoms with Crippen LogP contribution in [0.1, 0.15) is 58.5 Å². The molecule has 1 aliphatic rings. The van der Waals surface area contributed by atoms with E-state index in [4.69, 9.17) is 9.72 Å². The number of Topliss-reactive ketones (excluding diaryl/α,β-unsaturated/α-hetero) is 1. The van der Waals surface area contributed by atoms with Crippen molar-refractivity contribution in [1.82, 2.24) is 14.9 Å². The van der Waals surface area contributed by atoms with Gasteiger partial charge in [-0.05, 0) is 64.3 Å². The number of carbonyl (C=O) groups excluding carboxylic acids is 2. The van der Waals surface area contributed by atoms with Crippen LogP contribution in [0.15, 0.2) is 46.3 Å². The Balaban J connectivity index is 1.69. The van der Waals surface area contributed by atoms with Crippen LogP contribution in [0.5, 0.6) is 0 Å². The third-order valence-corrected chi connectivity index (χ3v) is 7.00. The molecule has 3 aromatic rings. The molecular formula is C27H31N3O4S. The van der Waals surface area contributed by atoms with Crippen LogP contribution in [0.4, 0.5) is 0 Å². The lowest BCUT2D eigenvalue weighted by Crippen LogP contribution is -2.31. The molecule has 0 saturated carbocycles. The number of rotatable bonds is 8. The highest BCUT2D eigenvalue weighted by Crippen LogP contribution is 2.23. The van der Waals surface area contributed by atoms with E-state index in [1.165, 1.54) is 11.8 Å². The number of fused-ring (bicyclic) bond motifs is 1. The lowest BCUT2D eigenvalue weighted by atomic mass is 10.0. The predicted molar refractivity (Wildman–Crippen MR) is 139 cm³/mol. The zero-order chi connectivity index (χ0) is 25.1. The second kappa shape index (κ2) is 10.7. The highest BCUT2D eigenvalue weighted by atomic mass is 32.2. The number of ketones is 1. The fourth-order valence-corrected chi connectivity index (χ4v) is 5.18. The summed E-state index contributed by atoms with van der Waals surface area (Å²) in [6.45, 7) is 8.77. The molecule has 0 radical (unpaired) electrons. The summed E-state index contributed by atoms with van der Waals surface area (Å²) in [6.07, 6.45) is 1.78. The van der Waals surface area contributed by atoms with Crippen molar-refractivity contribution in [2.45, 2.75) is 64.4 Å². The zero-order valence-corrected chi connectivity index (χ0v) is 21.4. The Kier molecular flexibility index (Phi) is 7.72. The first-order chi connectivity index (χ1) is 16.7. The molecule has 8 heteroatoms. The van der Waals surface area contributed by atoms with Gasteiger partial charge in [-0.3, -0.25) is 19.0 Å². The van der Waals surface area contributed by atoms with Crippen molar-refractivity contribution in [1.29, 1.82) is 0 Å². The average molecular weight is 494 g/mol. The summed E-state index contributed by atoms with van der Waals surface area (Å²) >= 11 is 1.25. The SMILES string of the molecule is Cc1ccc(C(=O)CSc2nc3cc(C(=O)NC(C)C)ccc3c(=O)n2C[C@@H]2CCCO2)c(C)c1. The van der Waals surface area contributed by atoms with Gasteiger partial charge in [0.2, 0.25) is 0 Å². The Morgan fingerprint density at radius 3 is 2.69 bits per heavy atom. The summed E-state index contributed by atoms with van der Waals surface area (Å²) in [7, 11) is 0. The molecule has 0 spiro atoms. The lowest BCUT2D eigenvalue weighted by Gasteiger charge is -2.17. The molecule has 1 amide bonds. The van der Waals surface area contributed by atoms with Crippen LogP contribution in [-0.4, -0.2) is 45.7 Å². The number of aryl methyl sites for hydroxylation is 2. The summed E-state index contributed by atoms with van der Waals surface area (Å²) in [5.74, 6) is -0.0806. The fourth-order valence-electron chi connectivity index (χ4n) is 4.28. The third kappa shape index (κ3) is 5.82. The summed E-state index contributed by atoms with van der Waals surface area (Å²) in [6, 6.07) is 10.7. The molecule has 2 aromatic carbocycles. The number of nitrogens with zero attached hydrogens (tertiary/aromatic N) is 2. The topological polar surface area (TPSA) is 90.3 Å². The second-order valence-corrected chi connectivity index (χ2v) is 10.3. The largest absolute Gasteiger partial charge is 0.376 e. The normalized spacial score (nSPS) is 15.6. The van der Waals surface area contributed by atoms with E-state index in [1.807, 2.05) is 45.9 Å². The van der Waals surface area contributed by atoms with Gasteiger partial charge >= 0.3 is 0 Å². The van der Waals surface area contributed by atoms with Crippen LogP contribution >= 0.6 is 11.8 Å². The minimum atomic E-state index is -0.216. The molecule has 1 N–H and O–H groups in total. The molecule has 1 aliphatic heterocycles. The van der Waals surface area contributed by atoms with E-state index >= 15 is 0 Å². The molecule has 1 saturated heterocycles. The van der Waals surface area contributed by atoms with Gasteiger partial charge in [-0.25, -0.2) is 4.98 Å². The van der Waals surface area contributed by atoms with E-state index in [-0.39, 0.29) is 35.1 Å². The summed E-state index contributed by atoms with van der Waals surface area (Å²) in [4.78, 5) is 43.7. The summed E-state index contributed by atoms with van der Waals surface area (Å²) in [5, 5.41) is 3.76. The predicted octanol–water partition coefficient (Wildman–Crippen LogP) is 4.31. The van der Waals surface area contributed by atoms with Gasteiger partial charge in [0.15, 0.2) is 10.9 Å². The van der Waals surface area contributed by atoms with Crippen LogP contribution in [0.2, 0.25) is 0 Å². The molecule has 7 nitrogen and oxygen atoms in total. The van der Waals surface area contributed by atoms with Gasteiger partial charge in [0.1, 0.15) is 0 Å². The van der Waals surface area contributed by atoms with E-state index in [1.54, 1.807) is 22.8 Å². The van der Waals surface area contributed by atoms with Gasteiger partial charge in [0, 0.05) is 23.8 Å². The van der Waals surface area contributed by atoms with E-state index in [0.29, 0.717) is 40.3 Å². The standard InChI is InChI=1S/C27H31N3O4S/c1-16(2)28-25(32)19-8-10-22-23(13-19)29-27(30(26(22)33)14-20-6-5-11-34-20)35-15-24(31)21-9-7-17(3)12-18(21)4/h7-10,12-13,16,20H,5-6,11,14-15H2,1-4H3,(H,28,32)/t20-/m0/s1. The first-order valence-corrected chi connectivity index (χ1v) is 12.9. The highest BCUT2D eigenvalue weighted by Gasteiger charge is 2.22. The van der Waals surface area contributed by atoms with Crippen molar-refractivity contribution in [3.63, 3.8) is 0 Å². The minimum absolute atomic E-state index is 0.00655. The van der Waals surface area contributed by atoms with Crippen molar-refractivity contribution in [3.8, 4) is 0 Å². The molecular weight excluding hydrogens is 462 g/mol. The molecule has 2 heterocycles. The van der Waals surface area contributed by atoms with E-state index in [9.17, 15) is 14.4 Å². The maximum Gasteiger partial charge on any atom is 0.262 e. The Labute approximate surface area is 209 Å². The smallest absolute Gasteiger partial charge is 0.262 e. The van der Waals surface area contributed by atoms with Crippen LogP contribution in [0.3, 0.4) is 0 Å². The first kappa shape index (κ1) is 25.1. The van der Waals surface area contributed by atoms with E-state index in [2.05, 4.69) is 5.32 Å². The number of benzene rings is 2. The molecule has 35 heavy (non-hydrogen) atoms. The maximum absolute atomic E-state index is 13.5. The van der Waals surface area contributed by atoms with Crippen LogP contribution in [0, 0.1) is 13.8 Å². The number of nitrogens with one attached hydrogen (secondary N) is 1. The second-order valence-electron chi connectivity index (χ2n) is 9.34. The summed E-state index contributed by atoms with van der Waals surface area (Å²) < 4.78 is 7.39. The lowest BCUT2D eigenvalue weighted by molar-refractivity contribution is 0.0936. The first-order valence-electron chi connectivity index (χ1n) is 11.9. The van der Waals surface area contributed by atoms with Crippen LogP contribution in [-0.2, 0) is 11.3 Å². The Morgan fingerprint density at radius 2 is 2.00 bits per heavy atom. The molecule has 1 fully saturated rings. The van der Waals surface area contributed by atoms with Gasteiger partial charge in [0.25, 0.3) is 11.5 Å². The average Bonchev–Trinajstić information content (AvgIpc) is 3.32. The minimum Gasteiger partial charge on any atom is -0.376 e. The van der Waals surface area contributed by atoms with Gasteiger partial charge < -0.3 is 10.1 Å². The van der Waals surface area contributed by atoms with Crippen LogP contribution < -0.4 is 10.9 Å². The molecule has 1 aromatic heterocycles. The number of hydrogen-bond donors (Lipinski definition) is 1. The van der Waals surface area contributed by atoms with Crippen molar-refractivity contribution in [2.24, 2.45) is 0 Å². The number of aromatic nitrogens is 2. The molecule has 1 atom stereocenters. The molecule has 0 aliphatic carbocycles. The Morgan fingerprint density at radius 1 is 1.20 bits per heavy atom. The van der Waals surface area contributed by atoms with Gasteiger partial charge in [-0.1, -0.05) is 35.5 Å². The van der Waals surface area contributed by atoms with Gasteiger partial charge in [-0.2, -0.15) is 0 Å². The zero-order valence-electron chi connectivity index (χ0n) is 20.6. The number of ether oxygens (including phenoxy) is 1. The number of carbonyl (C=O) groups is 2. The maximum atomic E-state index is 13.5. The Bertz CT molecular complexity index is 1330. The summed E-state index contributed by atoms with van der Waals surface area (Å²) in [5.41, 5.74) is 3.39. The highest BCUT2D eigenvalue weighted by molar-refractivity contribution is 7.99. The van der Waals surface area contributed by atoms with Crippen molar-refractivity contribution in [3.05, 3.63) is 69.0 Å². The number of amides is 1. The Hall–Kier alpha value is -2.97. The molecule has 4 rings (SSSR count). The van der Waals surface area contributed by atoms with Gasteiger partial charge in [-0.15, -0.1) is 0 Å². The fraction of sp³-hybridized carbons (Fsp3) is 0.407. The third-order valence-electron chi connectivity index (χ3n) is 6.03. The molecule has 0 unspecified atom stereocenters. The van der Waals surface area contributed by atoms with E-state index in [0.717, 1.165) is 24.0 Å². The van der Waals surface area contributed by atoms with Crippen molar-refractivity contribution in [2.75, 3.05) is 12.4 Å². The van der Waals surface area contributed by atoms with E-state index < -0.39 is 0 Å². The quantitative estimate of drug-likeness (QED) is 0.286.